The molecule has 0 aliphatic carbocycles. The van der Waals surface area contributed by atoms with Gasteiger partial charge >= 0.3 is 0 Å². The molecular formula is C13H13BrFN3O. The number of ether oxygens (including phenoxy) is 1. The summed E-state index contributed by atoms with van der Waals surface area (Å²) in [5.74, 6) is 0.596. The summed E-state index contributed by atoms with van der Waals surface area (Å²) in [7, 11) is 0. The Hall–Kier alpha value is -1.69. The fraction of sp³-hybridized carbons (Fsp3) is 0.231. The van der Waals surface area contributed by atoms with Crippen molar-refractivity contribution in [3.05, 3.63) is 40.4 Å². The van der Waals surface area contributed by atoms with E-state index in [0.717, 1.165) is 5.56 Å². The van der Waals surface area contributed by atoms with Gasteiger partial charge in [0.15, 0.2) is 11.6 Å². The monoisotopic (exact) mass is 325 g/mol. The minimum atomic E-state index is -0.430. The van der Waals surface area contributed by atoms with Crippen molar-refractivity contribution >= 4 is 21.7 Å². The molecular weight excluding hydrogens is 313 g/mol. The summed E-state index contributed by atoms with van der Waals surface area (Å²) < 4.78 is 19.7. The van der Waals surface area contributed by atoms with Crippen LogP contribution in [0.5, 0.6) is 11.6 Å². The van der Waals surface area contributed by atoms with Gasteiger partial charge < -0.3 is 10.1 Å². The van der Waals surface area contributed by atoms with Gasteiger partial charge in [-0.1, -0.05) is 6.07 Å². The molecule has 0 spiro atoms. The standard InChI is InChI=1S/C13H13BrFN3O/c1-3-16-12-11(14)13(18-7-17-12)19-10-6-8(2)4-5-9(10)15/h4-7H,3H2,1-2H3,(H,16,17,18). The molecule has 0 atom stereocenters. The van der Waals surface area contributed by atoms with Gasteiger partial charge in [-0.3, -0.25) is 0 Å². The minimum Gasteiger partial charge on any atom is -0.435 e. The topological polar surface area (TPSA) is 47.0 Å². The van der Waals surface area contributed by atoms with E-state index < -0.39 is 5.82 Å². The van der Waals surface area contributed by atoms with E-state index >= 15 is 0 Å². The molecule has 0 amide bonds. The molecule has 4 nitrogen and oxygen atoms in total. The normalized spacial score (nSPS) is 10.3. The van der Waals surface area contributed by atoms with Crippen molar-refractivity contribution in [2.75, 3.05) is 11.9 Å². The second-order valence-electron chi connectivity index (χ2n) is 3.91. The van der Waals surface area contributed by atoms with Crippen molar-refractivity contribution < 1.29 is 9.13 Å². The molecule has 0 bridgehead atoms. The first-order chi connectivity index (χ1) is 9.11. The van der Waals surface area contributed by atoms with Gasteiger partial charge in [-0.05, 0) is 47.5 Å². The number of halogens is 2. The van der Waals surface area contributed by atoms with E-state index in [4.69, 9.17) is 4.74 Å². The number of hydrogen-bond acceptors (Lipinski definition) is 4. The zero-order chi connectivity index (χ0) is 13.8. The number of anilines is 1. The highest BCUT2D eigenvalue weighted by Gasteiger charge is 2.12. The largest absolute Gasteiger partial charge is 0.435 e. The molecule has 2 rings (SSSR count). The lowest BCUT2D eigenvalue weighted by molar-refractivity contribution is 0.423. The smallest absolute Gasteiger partial charge is 0.239 e. The molecule has 6 heteroatoms. The lowest BCUT2D eigenvalue weighted by atomic mass is 10.2. The molecule has 100 valence electrons. The Morgan fingerprint density at radius 3 is 2.89 bits per heavy atom. The van der Waals surface area contributed by atoms with Crippen molar-refractivity contribution in [2.45, 2.75) is 13.8 Å². The second-order valence-corrected chi connectivity index (χ2v) is 4.70. The van der Waals surface area contributed by atoms with E-state index in [-0.39, 0.29) is 11.6 Å². The fourth-order valence-corrected chi connectivity index (χ4v) is 1.93. The average Bonchev–Trinajstić information content (AvgIpc) is 2.39. The summed E-state index contributed by atoms with van der Waals surface area (Å²) in [4.78, 5) is 8.07. The van der Waals surface area contributed by atoms with Crippen molar-refractivity contribution in [2.24, 2.45) is 0 Å². The minimum absolute atomic E-state index is 0.141. The molecule has 0 radical (unpaired) electrons. The van der Waals surface area contributed by atoms with E-state index in [1.165, 1.54) is 12.4 Å². The Kier molecular flexibility index (Phi) is 4.31. The van der Waals surface area contributed by atoms with Crippen molar-refractivity contribution in [1.29, 1.82) is 0 Å². The molecule has 0 fully saturated rings. The van der Waals surface area contributed by atoms with Gasteiger partial charge in [0.2, 0.25) is 5.88 Å². The van der Waals surface area contributed by atoms with Crippen LogP contribution in [-0.2, 0) is 0 Å². The summed E-state index contributed by atoms with van der Waals surface area (Å²) >= 11 is 3.35. The number of nitrogens with zero attached hydrogens (tertiary/aromatic N) is 2. The third-order valence-electron chi connectivity index (χ3n) is 2.40. The maximum absolute atomic E-state index is 13.6. The van der Waals surface area contributed by atoms with Crippen LogP contribution in [0.2, 0.25) is 0 Å². The quantitative estimate of drug-likeness (QED) is 0.925. The van der Waals surface area contributed by atoms with Crippen LogP contribution in [0.3, 0.4) is 0 Å². The van der Waals surface area contributed by atoms with Gasteiger partial charge in [0.05, 0.1) is 0 Å². The first-order valence-electron chi connectivity index (χ1n) is 5.80. The molecule has 0 aliphatic heterocycles. The summed E-state index contributed by atoms with van der Waals surface area (Å²) in [5, 5.41) is 3.06. The molecule has 0 aliphatic rings. The maximum Gasteiger partial charge on any atom is 0.239 e. The molecule has 0 unspecified atom stereocenters. The van der Waals surface area contributed by atoms with Crippen LogP contribution in [0, 0.1) is 12.7 Å². The van der Waals surface area contributed by atoms with Crippen molar-refractivity contribution in [3.8, 4) is 11.6 Å². The van der Waals surface area contributed by atoms with Gasteiger partial charge in [0.25, 0.3) is 0 Å². The third kappa shape index (κ3) is 3.20. The lowest BCUT2D eigenvalue weighted by Crippen LogP contribution is -2.02. The molecule has 1 aromatic carbocycles. The fourth-order valence-electron chi connectivity index (χ4n) is 1.51. The number of aromatic nitrogens is 2. The van der Waals surface area contributed by atoms with Gasteiger partial charge in [-0.2, -0.15) is 0 Å². The molecule has 1 N–H and O–H groups in total. The lowest BCUT2D eigenvalue weighted by Gasteiger charge is -2.10. The Labute approximate surface area is 119 Å². The molecule has 0 saturated carbocycles. The van der Waals surface area contributed by atoms with E-state index in [1.54, 1.807) is 12.1 Å². The van der Waals surface area contributed by atoms with E-state index in [0.29, 0.717) is 16.8 Å². The van der Waals surface area contributed by atoms with Crippen LogP contribution in [0.4, 0.5) is 10.2 Å². The molecule has 0 saturated heterocycles. The number of benzene rings is 1. The van der Waals surface area contributed by atoms with Crippen LogP contribution in [0.25, 0.3) is 0 Å². The zero-order valence-corrected chi connectivity index (χ0v) is 12.2. The van der Waals surface area contributed by atoms with Crippen LogP contribution in [0.15, 0.2) is 29.0 Å². The number of nitrogens with one attached hydrogen (secondary N) is 1. The highest BCUT2D eigenvalue weighted by Crippen LogP contribution is 2.33. The summed E-state index contributed by atoms with van der Waals surface area (Å²) in [6, 6.07) is 4.67. The van der Waals surface area contributed by atoms with Crippen molar-refractivity contribution in [3.63, 3.8) is 0 Å². The Morgan fingerprint density at radius 2 is 2.16 bits per heavy atom. The van der Waals surface area contributed by atoms with E-state index in [9.17, 15) is 4.39 Å². The van der Waals surface area contributed by atoms with Crippen LogP contribution in [-0.4, -0.2) is 16.5 Å². The van der Waals surface area contributed by atoms with Gasteiger partial charge in [-0.15, -0.1) is 0 Å². The predicted molar refractivity (Wildman–Crippen MR) is 75.1 cm³/mol. The third-order valence-corrected chi connectivity index (χ3v) is 3.11. The number of aryl methyl sites for hydroxylation is 1. The Balaban J connectivity index is 2.33. The van der Waals surface area contributed by atoms with E-state index in [1.807, 2.05) is 13.8 Å². The molecule has 19 heavy (non-hydrogen) atoms. The summed E-state index contributed by atoms with van der Waals surface area (Å²) in [6.45, 7) is 4.54. The number of hydrogen-bond donors (Lipinski definition) is 1. The number of rotatable bonds is 4. The van der Waals surface area contributed by atoms with Gasteiger partial charge in [-0.25, -0.2) is 14.4 Å². The Morgan fingerprint density at radius 1 is 1.37 bits per heavy atom. The van der Waals surface area contributed by atoms with Gasteiger partial charge in [0, 0.05) is 6.54 Å². The molecule has 1 heterocycles. The molecule has 1 aromatic heterocycles. The highest BCUT2D eigenvalue weighted by atomic mass is 79.9. The first-order valence-corrected chi connectivity index (χ1v) is 6.59. The Bertz CT molecular complexity index is 592. The predicted octanol–water partition coefficient (Wildman–Crippen LogP) is 3.91. The second kappa shape index (κ2) is 5.97. The maximum atomic E-state index is 13.6. The summed E-state index contributed by atoms with van der Waals surface area (Å²) in [5.41, 5.74) is 0.911. The average molecular weight is 326 g/mol. The van der Waals surface area contributed by atoms with Gasteiger partial charge in [0.1, 0.15) is 16.6 Å². The SMILES string of the molecule is CCNc1ncnc(Oc2cc(C)ccc2F)c1Br. The van der Waals surface area contributed by atoms with Crippen molar-refractivity contribution in [1.82, 2.24) is 9.97 Å². The van der Waals surface area contributed by atoms with E-state index in [2.05, 4.69) is 31.2 Å². The van der Waals surface area contributed by atoms with Crippen LogP contribution in [0.1, 0.15) is 12.5 Å². The summed E-state index contributed by atoms with van der Waals surface area (Å²) in [6.07, 6.45) is 1.37. The van der Waals surface area contributed by atoms with Crippen LogP contribution < -0.4 is 10.1 Å². The van der Waals surface area contributed by atoms with Crippen LogP contribution >= 0.6 is 15.9 Å². The molecule has 2 aromatic rings. The zero-order valence-electron chi connectivity index (χ0n) is 10.6. The highest BCUT2D eigenvalue weighted by molar-refractivity contribution is 9.10. The first kappa shape index (κ1) is 13.7.